The lowest BCUT2D eigenvalue weighted by molar-refractivity contribution is -0.121. The van der Waals surface area contributed by atoms with Crippen LogP contribution in [0.5, 0.6) is 5.75 Å². The molecule has 0 aliphatic carbocycles. The van der Waals surface area contributed by atoms with Gasteiger partial charge < -0.3 is 14.5 Å². The average Bonchev–Trinajstić information content (AvgIpc) is 3.20. The van der Waals surface area contributed by atoms with E-state index in [4.69, 9.17) is 9.15 Å². The molecule has 2 aromatic carbocycles. The molecule has 1 N–H and O–H groups in total. The van der Waals surface area contributed by atoms with E-state index >= 15 is 0 Å². The van der Waals surface area contributed by atoms with Crippen LogP contribution in [0.3, 0.4) is 0 Å². The number of hydrogen-bond donors (Lipinski definition) is 1. The average molecular weight is 390 g/mol. The molecule has 29 heavy (non-hydrogen) atoms. The number of carbonyl (C=O) groups is 2. The molecular formula is C23H22N2O4. The summed E-state index contributed by atoms with van der Waals surface area (Å²) in [4.78, 5) is 26.6. The molecule has 3 aromatic rings. The van der Waals surface area contributed by atoms with Crippen molar-refractivity contribution < 1.29 is 18.7 Å². The summed E-state index contributed by atoms with van der Waals surface area (Å²) in [6, 6.07) is 18.6. The maximum Gasteiger partial charge on any atom is 0.287 e. The van der Waals surface area contributed by atoms with Gasteiger partial charge in [0.05, 0.1) is 18.3 Å². The van der Waals surface area contributed by atoms with Crippen molar-refractivity contribution in [1.82, 2.24) is 5.32 Å². The Morgan fingerprint density at radius 2 is 1.93 bits per heavy atom. The highest BCUT2D eigenvalue weighted by Gasteiger charge is 2.27. The van der Waals surface area contributed by atoms with E-state index in [0.717, 1.165) is 11.1 Å². The van der Waals surface area contributed by atoms with E-state index in [9.17, 15) is 9.59 Å². The normalized spacial score (nSPS) is 14.1. The second-order valence-electron chi connectivity index (χ2n) is 7.11. The number of benzene rings is 2. The van der Waals surface area contributed by atoms with Gasteiger partial charge in [-0.2, -0.15) is 0 Å². The Morgan fingerprint density at radius 3 is 2.72 bits per heavy atom. The predicted molar refractivity (Wildman–Crippen MR) is 109 cm³/mol. The first-order valence-electron chi connectivity index (χ1n) is 9.49. The van der Waals surface area contributed by atoms with Gasteiger partial charge in [0.15, 0.2) is 12.4 Å². The Kier molecular flexibility index (Phi) is 5.08. The molecule has 0 spiro atoms. The lowest BCUT2D eigenvalue weighted by atomic mass is 10.1. The van der Waals surface area contributed by atoms with E-state index in [2.05, 4.69) is 5.32 Å². The van der Waals surface area contributed by atoms with E-state index in [-0.39, 0.29) is 36.8 Å². The zero-order chi connectivity index (χ0) is 20.4. The van der Waals surface area contributed by atoms with Gasteiger partial charge in [-0.25, -0.2) is 0 Å². The maximum atomic E-state index is 12.5. The van der Waals surface area contributed by atoms with Crippen LogP contribution >= 0.6 is 0 Å². The predicted octanol–water partition coefficient (Wildman–Crippen LogP) is 4.00. The molecule has 6 heteroatoms. The van der Waals surface area contributed by atoms with Crippen molar-refractivity contribution in [2.24, 2.45) is 0 Å². The van der Waals surface area contributed by atoms with Crippen molar-refractivity contribution in [3.05, 3.63) is 83.3 Å². The highest BCUT2D eigenvalue weighted by molar-refractivity contribution is 5.97. The number of rotatable bonds is 5. The van der Waals surface area contributed by atoms with Gasteiger partial charge >= 0.3 is 0 Å². The molecule has 0 radical (unpaired) electrons. The summed E-state index contributed by atoms with van der Waals surface area (Å²) in [5, 5.41) is 2.93. The quantitative estimate of drug-likeness (QED) is 0.715. The van der Waals surface area contributed by atoms with E-state index in [1.54, 1.807) is 17.0 Å². The van der Waals surface area contributed by atoms with Crippen LogP contribution in [0.15, 0.2) is 65.1 Å². The third kappa shape index (κ3) is 4.01. The monoisotopic (exact) mass is 390 g/mol. The van der Waals surface area contributed by atoms with Gasteiger partial charge in [0.2, 0.25) is 0 Å². The van der Waals surface area contributed by atoms with E-state index < -0.39 is 0 Å². The second kappa shape index (κ2) is 7.83. The fourth-order valence-electron chi connectivity index (χ4n) is 3.32. The largest absolute Gasteiger partial charge is 0.482 e. The molecule has 0 fully saturated rings. The highest BCUT2D eigenvalue weighted by Crippen LogP contribution is 2.34. The maximum absolute atomic E-state index is 12.5. The minimum absolute atomic E-state index is 0.0152. The van der Waals surface area contributed by atoms with Crippen molar-refractivity contribution in [1.29, 1.82) is 0 Å². The number of ether oxygens (including phenoxy) is 1. The van der Waals surface area contributed by atoms with Crippen LogP contribution in [0.2, 0.25) is 0 Å². The van der Waals surface area contributed by atoms with Crippen LogP contribution < -0.4 is 15.0 Å². The molecule has 1 unspecified atom stereocenters. The minimum Gasteiger partial charge on any atom is -0.482 e. The molecule has 0 saturated heterocycles. The molecule has 1 aliphatic heterocycles. The first-order chi connectivity index (χ1) is 14.0. The molecular weight excluding hydrogens is 368 g/mol. The van der Waals surface area contributed by atoms with Crippen molar-refractivity contribution in [3.8, 4) is 5.75 Å². The van der Waals surface area contributed by atoms with Crippen LogP contribution in [0, 0.1) is 6.92 Å². The van der Waals surface area contributed by atoms with Crippen molar-refractivity contribution >= 4 is 17.5 Å². The number of fused-ring (bicyclic) bond motifs is 1. The van der Waals surface area contributed by atoms with Crippen LogP contribution in [0.4, 0.5) is 5.69 Å². The summed E-state index contributed by atoms with van der Waals surface area (Å²) >= 11 is 0. The zero-order valence-corrected chi connectivity index (χ0v) is 16.3. The van der Waals surface area contributed by atoms with Gasteiger partial charge in [-0.05, 0) is 49.2 Å². The molecule has 1 aliphatic rings. The molecule has 2 amide bonds. The molecule has 1 atom stereocenters. The standard InChI is InChI=1S/C23H22N2O4/c1-15-8-10-20-19(12-15)25(22(26)14-28-20)13-18-9-11-21(29-18)23(27)24-16(2)17-6-4-3-5-7-17/h3-12,16H,13-14H2,1-2H3,(H,24,27). The Hall–Kier alpha value is -3.54. The fraction of sp³-hybridized carbons (Fsp3) is 0.217. The molecule has 0 bridgehead atoms. The smallest absolute Gasteiger partial charge is 0.287 e. The van der Waals surface area contributed by atoms with Crippen molar-refractivity contribution in [2.45, 2.75) is 26.4 Å². The Labute approximate surface area is 169 Å². The molecule has 1 aromatic heterocycles. The van der Waals surface area contributed by atoms with Gasteiger partial charge in [0.1, 0.15) is 11.5 Å². The number of nitrogens with zero attached hydrogens (tertiary/aromatic N) is 1. The fourth-order valence-corrected chi connectivity index (χ4v) is 3.32. The van der Waals surface area contributed by atoms with Gasteiger partial charge in [-0.3, -0.25) is 14.5 Å². The zero-order valence-electron chi connectivity index (χ0n) is 16.3. The van der Waals surface area contributed by atoms with Crippen molar-refractivity contribution in [3.63, 3.8) is 0 Å². The number of carbonyl (C=O) groups excluding carboxylic acids is 2. The first kappa shape index (κ1) is 18.8. The number of amides is 2. The van der Waals surface area contributed by atoms with Crippen molar-refractivity contribution in [2.75, 3.05) is 11.5 Å². The third-order valence-electron chi connectivity index (χ3n) is 4.90. The summed E-state index contributed by atoms with van der Waals surface area (Å²) in [6.45, 7) is 4.10. The number of nitrogens with one attached hydrogen (secondary N) is 1. The van der Waals surface area contributed by atoms with Crippen LogP contribution in [-0.2, 0) is 11.3 Å². The summed E-state index contributed by atoms with van der Waals surface area (Å²) in [7, 11) is 0. The summed E-state index contributed by atoms with van der Waals surface area (Å²) in [6.07, 6.45) is 0. The van der Waals surface area contributed by atoms with E-state index in [0.29, 0.717) is 17.2 Å². The molecule has 4 rings (SSSR count). The molecule has 2 heterocycles. The van der Waals surface area contributed by atoms with Gasteiger partial charge in [-0.15, -0.1) is 0 Å². The van der Waals surface area contributed by atoms with E-state index in [1.165, 1.54) is 0 Å². The van der Waals surface area contributed by atoms with Crippen LogP contribution in [0.25, 0.3) is 0 Å². The number of anilines is 1. The second-order valence-corrected chi connectivity index (χ2v) is 7.11. The number of aryl methyl sites for hydroxylation is 1. The topological polar surface area (TPSA) is 71.8 Å². The third-order valence-corrected chi connectivity index (χ3v) is 4.90. The Morgan fingerprint density at radius 1 is 1.14 bits per heavy atom. The van der Waals surface area contributed by atoms with Gasteiger partial charge in [0, 0.05) is 0 Å². The summed E-state index contributed by atoms with van der Waals surface area (Å²) < 4.78 is 11.2. The highest BCUT2D eigenvalue weighted by atomic mass is 16.5. The lowest BCUT2D eigenvalue weighted by Gasteiger charge is -2.29. The molecule has 0 saturated carbocycles. The Balaban J connectivity index is 1.48. The lowest BCUT2D eigenvalue weighted by Crippen LogP contribution is -2.38. The summed E-state index contributed by atoms with van der Waals surface area (Å²) in [5.41, 5.74) is 2.75. The summed E-state index contributed by atoms with van der Waals surface area (Å²) in [5.74, 6) is 0.968. The van der Waals surface area contributed by atoms with Gasteiger partial charge in [0.25, 0.3) is 11.8 Å². The molecule has 6 nitrogen and oxygen atoms in total. The molecule has 148 valence electrons. The Bertz CT molecular complexity index is 1040. The number of hydrogen-bond acceptors (Lipinski definition) is 4. The first-order valence-corrected chi connectivity index (χ1v) is 9.49. The van der Waals surface area contributed by atoms with Gasteiger partial charge in [-0.1, -0.05) is 36.4 Å². The minimum atomic E-state index is -0.294. The SMILES string of the molecule is Cc1ccc2c(c1)N(Cc1ccc(C(=O)NC(C)c3ccccc3)o1)C(=O)CO2. The van der Waals surface area contributed by atoms with Crippen LogP contribution in [0.1, 0.15) is 40.4 Å². The number of furan rings is 1. The van der Waals surface area contributed by atoms with E-state index in [1.807, 2.05) is 62.4 Å². The van der Waals surface area contributed by atoms with Crippen LogP contribution in [-0.4, -0.2) is 18.4 Å².